The zero-order chi connectivity index (χ0) is 28.1. The molecule has 6 aliphatic rings. The average Bonchev–Trinajstić information content (AvgIpc) is 3.54. The highest BCUT2D eigenvalue weighted by Crippen LogP contribution is 2.66. The van der Waals surface area contributed by atoms with E-state index in [1.54, 1.807) is 6.21 Å². The van der Waals surface area contributed by atoms with Crippen molar-refractivity contribution in [2.45, 2.75) is 50.9 Å². The van der Waals surface area contributed by atoms with Crippen molar-refractivity contribution in [1.82, 2.24) is 5.43 Å². The molecule has 206 valence electrons. The minimum Gasteiger partial charge on any atom is -0.274 e. The van der Waals surface area contributed by atoms with Crippen molar-refractivity contribution in [3.05, 3.63) is 101 Å². The molecule has 2 saturated carbocycles. The van der Waals surface area contributed by atoms with Gasteiger partial charge in [-0.15, -0.1) is 0 Å². The van der Waals surface area contributed by atoms with Crippen LogP contribution in [-0.4, -0.2) is 23.9 Å². The molecule has 3 fully saturated rings. The molecular formula is C35H33N3O3. The number of benzene rings is 3. The van der Waals surface area contributed by atoms with Gasteiger partial charge in [0.1, 0.15) is 0 Å². The van der Waals surface area contributed by atoms with Crippen LogP contribution in [0.1, 0.15) is 66.3 Å². The van der Waals surface area contributed by atoms with Crippen LogP contribution in [0.2, 0.25) is 0 Å². The fraction of sp³-hybridized carbons (Fsp3) is 0.371. The van der Waals surface area contributed by atoms with Crippen LogP contribution in [0.15, 0.2) is 77.9 Å². The van der Waals surface area contributed by atoms with E-state index in [0.717, 1.165) is 40.7 Å². The Bertz CT molecular complexity index is 1610. The molecule has 41 heavy (non-hydrogen) atoms. The minimum atomic E-state index is -0.980. The zero-order valence-corrected chi connectivity index (χ0v) is 23.3. The van der Waals surface area contributed by atoms with Crippen LogP contribution < -0.4 is 10.3 Å². The Labute approximate surface area is 239 Å². The summed E-state index contributed by atoms with van der Waals surface area (Å²) >= 11 is 0. The number of fused-ring (bicyclic) bond motifs is 1. The Balaban J connectivity index is 1.25. The van der Waals surface area contributed by atoms with E-state index in [1.165, 1.54) is 17.7 Å². The van der Waals surface area contributed by atoms with Gasteiger partial charge in [0.15, 0.2) is 0 Å². The van der Waals surface area contributed by atoms with Gasteiger partial charge in [-0.25, -0.2) is 10.3 Å². The van der Waals surface area contributed by atoms with Crippen molar-refractivity contribution >= 4 is 29.6 Å². The molecule has 0 spiro atoms. The number of hydrogen-bond acceptors (Lipinski definition) is 4. The Morgan fingerprint density at radius 2 is 1.59 bits per heavy atom. The summed E-state index contributed by atoms with van der Waals surface area (Å²) in [6.07, 6.45) is 6.31. The normalized spacial score (nSPS) is 34.2. The molecule has 3 aromatic rings. The fourth-order valence-electron chi connectivity index (χ4n) is 9.12. The molecule has 1 heterocycles. The molecule has 6 heteroatoms. The van der Waals surface area contributed by atoms with Crippen molar-refractivity contribution in [2.75, 3.05) is 4.90 Å². The summed E-state index contributed by atoms with van der Waals surface area (Å²) in [5.41, 5.74) is 7.72. The van der Waals surface area contributed by atoms with Crippen molar-refractivity contribution < 1.29 is 14.4 Å². The Kier molecular flexibility index (Phi) is 5.11. The maximum Gasteiger partial charge on any atom is 0.244 e. The summed E-state index contributed by atoms with van der Waals surface area (Å²) in [5, 5.41) is 4.63. The second-order valence-electron chi connectivity index (χ2n) is 12.9. The van der Waals surface area contributed by atoms with Crippen LogP contribution in [0, 0.1) is 36.0 Å². The number of amides is 3. The molecule has 6 nitrogen and oxygen atoms in total. The second kappa shape index (κ2) is 8.48. The number of carbonyl (C=O) groups is 3. The third kappa shape index (κ3) is 3.13. The lowest BCUT2D eigenvalue weighted by atomic mass is 9.47. The number of nitrogens with zero attached hydrogens (tertiary/aromatic N) is 2. The summed E-state index contributed by atoms with van der Waals surface area (Å²) in [7, 11) is 0. The van der Waals surface area contributed by atoms with Crippen LogP contribution in [0.3, 0.4) is 0 Å². The average molecular weight is 544 g/mol. The van der Waals surface area contributed by atoms with Crippen LogP contribution in [-0.2, 0) is 19.8 Å². The van der Waals surface area contributed by atoms with E-state index < -0.39 is 17.3 Å². The molecule has 3 aromatic carbocycles. The number of nitrogens with one attached hydrogen (secondary N) is 1. The van der Waals surface area contributed by atoms with Crippen molar-refractivity contribution in [3.63, 3.8) is 0 Å². The van der Waals surface area contributed by atoms with Crippen molar-refractivity contribution in [2.24, 2.45) is 34.2 Å². The molecule has 5 atom stereocenters. The SMILES string of the molecule is Cc1ccc(N2C(=O)[C@@H]3C4c5ccccc5C(/C=N\NC(=O)[C@@H]5[C@@H]6CCCC[C@]56C)(c5ccccc54)[C@H]3C2=O)cc1. The van der Waals surface area contributed by atoms with E-state index in [0.29, 0.717) is 11.6 Å². The first-order chi connectivity index (χ1) is 19.9. The number of hydrazone groups is 1. The Hall–Kier alpha value is -4.06. The number of aryl methyl sites for hydroxylation is 1. The molecule has 5 aliphatic carbocycles. The van der Waals surface area contributed by atoms with Crippen LogP contribution in [0.4, 0.5) is 5.69 Å². The lowest BCUT2D eigenvalue weighted by molar-refractivity contribution is -0.124. The number of hydrogen-bond donors (Lipinski definition) is 1. The van der Waals surface area contributed by atoms with Gasteiger partial charge in [-0.05, 0) is 65.5 Å². The van der Waals surface area contributed by atoms with E-state index in [1.807, 2.05) is 55.5 Å². The predicted molar refractivity (Wildman–Crippen MR) is 156 cm³/mol. The van der Waals surface area contributed by atoms with E-state index in [2.05, 4.69) is 41.7 Å². The predicted octanol–water partition coefficient (Wildman–Crippen LogP) is 5.47. The van der Waals surface area contributed by atoms with Gasteiger partial charge in [0.05, 0.1) is 22.9 Å². The summed E-state index contributed by atoms with van der Waals surface area (Å²) in [5.74, 6) is -1.44. The van der Waals surface area contributed by atoms with Crippen molar-refractivity contribution in [3.8, 4) is 0 Å². The zero-order valence-electron chi connectivity index (χ0n) is 23.3. The maximum absolute atomic E-state index is 14.4. The summed E-state index contributed by atoms with van der Waals surface area (Å²) in [6.45, 7) is 4.22. The third-order valence-corrected chi connectivity index (χ3v) is 11.0. The van der Waals surface area contributed by atoms with E-state index >= 15 is 0 Å². The lowest BCUT2D eigenvalue weighted by Crippen LogP contribution is -2.54. The largest absolute Gasteiger partial charge is 0.274 e. The third-order valence-electron chi connectivity index (χ3n) is 11.0. The smallest absolute Gasteiger partial charge is 0.244 e. The Morgan fingerprint density at radius 3 is 2.22 bits per heavy atom. The highest BCUT2D eigenvalue weighted by atomic mass is 16.2. The number of rotatable bonds is 4. The van der Waals surface area contributed by atoms with Gasteiger partial charge >= 0.3 is 0 Å². The molecule has 1 N–H and O–H groups in total. The lowest BCUT2D eigenvalue weighted by Gasteiger charge is -2.52. The molecule has 0 aromatic heterocycles. The van der Waals surface area contributed by atoms with Crippen LogP contribution >= 0.6 is 0 Å². The summed E-state index contributed by atoms with van der Waals surface area (Å²) < 4.78 is 0. The monoisotopic (exact) mass is 543 g/mol. The first-order valence-electron chi connectivity index (χ1n) is 14.9. The summed E-state index contributed by atoms with van der Waals surface area (Å²) in [6, 6.07) is 23.8. The molecule has 2 bridgehead atoms. The second-order valence-corrected chi connectivity index (χ2v) is 12.9. The van der Waals surface area contributed by atoms with Crippen molar-refractivity contribution in [1.29, 1.82) is 0 Å². The van der Waals surface area contributed by atoms with E-state index in [-0.39, 0.29) is 35.0 Å². The number of imide groups is 1. The molecule has 1 aliphatic heterocycles. The number of anilines is 1. The molecule has 1 saturated heterocycles. The molecule has 3 amide bonds. The van der Waals surface area contributed by atoms with Gasteiger partial charge in [-0.1, -0.05) is 86.0 Å². The van der Waals surface area contributed by atoms with Gasteiger partial charge in [0, 0.05) is 18.1 Å². The first-order valence-corrected chi connectivity index (χ1v) is 14.9. The quantitative estimate of drug-likeness (QED) is 0.269. The number of carbonyl (C=O) groups excluding carboxylic acids is 3. The Morgan fingerprint density at radius 1 is 0.927 bits per heavy atom. The molecule has 0 unspecified atom stereocenters. The summed E-state index contributed by atoms with van der Waals surface area (Å²) in [4.78, 5) is 43.4. The van der Waals surface area contributed by atoms with Gasteiger partial charge in [0.2, 0.25) is 17.7 Å². The molecular weight excluding hydrogens is 510 g/mol. The van der Waals surface area contributed by atoms with Gasteiger partial charge in [-0.2, -0.15) is 5.10 Å². The van der Waals surface area contributed by atoms with Gasteiger partial charge < -0.3 is 0 Å². The highest BCUT2D eigenvalue weighted by Gasteiger charge is 2.68. The van der Waals surface area contributed by atoms with E-state index in [4.69, 9.17) is 0 Å². The first kappa shape index (κ1) is 24.7. The molecule has 0 radical (unpaired) electrons. The molecule has 9 rings (SSSR count). The van der Waals surface area contributed by atoms with Crippen LogP contribution in [0.25, 0.3) is 0 Å². The van der Waals surface area contributed by atoms with Crippen LogP contribution in [0.5, 0.6) is 0 Å². The standard InChI is InChI=1S/C35H33N3O3/c1-20-14-16-21(17-15-20)38-32(40)28-27-22-9-3-5-11-24(22)35(30(28)33(38)41,25-12-6-4-10-23(25)27)19-36-37-31(39)29-26-13-7-8-18-34(26,29)2/h3-6,9-12,14-17,19,26-30H,7-8,13,18H2,1-2H3,(H,37,39)/b36-19-/t26-,27?,28+,29-,30+,34-,35?/m0/s1. The van der Waals surface area contributed by atoms with E-state index in [9.17, 15) is 14.4 Å². The van der Waals surface area contributed by atoms with Gasteiger partial charge in [-0.3, -0.25) is 14.4 Å². The topological polar surface area (TPSA) is 78.8 Å². The maximum atomic E-state index is 14.4. The minimum absolute atomic E-state index is 0.0132. The van der Waals surface area contributed by atoms with Gasteiger partial charge in [0.25, 0.3) is 0 Å². The fourth-order valence-corrected chi connectivity index (χ4v) is 9.12. The highest BCUT2D eigenvalue weighted by molar-refractivity contribution is 6.25.